The molecule has 0 spiro atoms. The predicted octanol–water partition coefficient (Wildman–Crippen LogP) is 4.50. The summed E-state index contributed by atoms with van der Waals surface area (Å²) in [5.41, 5.74) is -0.776. The van der Waals surface area contributed by atoms with Crippen LogP contribution in [-0.2, 0) is 34.5 Å². The van der Waals surface area contributed by atoms with E-state index in [1.807, 2.05) is 0 Å². The van der Waals surface area contributed by atoms with Crippen LogP contribution in [0.4, 0.5) is 13.2 Å². The fraction of sp³-hybridized carbons (Fsp3) is 0.621. The van der Waals surface area contributed by atoms with Gasteiger partial charge in [-0.05, 0) is 43.9 Å². The fourth-order valence-corrected chi connectivity index (χ4v) is 5.40. The fourth-order valence-electron chi connectivity index (χ4n) is 4.65. The lowest BCUT2D eigenvalue weighted by atomic mass is 10.2. The maximum Gasteiger partial charge on any atom is 0.573 e. The van der Waals surface area contributed by atoms with Gasteiger partial charge in [0.1, 0.15) is 31.4 Å². The van der Waals surface area contributed by atoms with Crippen molar-refractivity contribution >= 4 is 19.2 Å². The van der Waals surface area contributed by atoms with E-state index in [1.54, 1.807) is 0 Å². The van der Waals surface area contributed by atoms with Crippen molar-refractivity contribution < 1.29 is 41.6 Å². The van der Waals surface area contributed by atoms with Crippen LogP contribution >= 0.6 is 0 Å². The Balaban J connectivity index is 1.49. The standard InChI is InChI=1S/C29H41F3N4O8Si/c1-34-25-24(26(37)35(28(34)38)12-8-14-42-23-11-5-6-13-41-23)36(20-39-17-18-45(2,3)4)27(33-25)43-16-15-40-21-9-7-10-22(19-21)44-29(30,31)32/h7,9-10,19,23H,5-6,8,11-18,20H2,1-4H3. The highest BCUT2D eigenvalue weighted by atomic mass is 28.3. The maximum atomic E-state index is 13.7. The van der Waals surface area contributed by atoms with Gasteiger partial charge in [0.15, 0.2) is 17.5 Å². The van der Waals surface area contributed by atoms with Crippen LogP contribution in [0.3, 0.4) is 0 Å². The van der Waals surface area contributed by atoms with Crippen molar-refractivity contribution in [2.45, 2.75) is 77.3 Å². The summed E-state index contributed by atoms with van der Waals surface area (Å²) in [6, 6.07) is 6.07. The van der Waals surface area contributed by atoms with Crippen molar-refractivity contribution in [3.63, 3.8) is 0 Å². The van der Waals surface area contributed by atoms with Crippen LogP contribution in [0.5, 0.6) is 17.5 Å². The van der Waals surface area contributed by atoms with Gasteiger partial charge < -0.3 is 28.4 Å². The molecule has 0 amide bonds. The van der Waals surface area contributed by atoms with Gasteiger partial charge in [-0.25, -0.2) is 4.79 Å². The first kappa shape index (κ1) is 34.5. The molecule has 4 rings (SSSR count). The highest BCUT2D eigenvalue weighted by Crippen LogP contribution is 2.26. The average Bonchev–Trinajstić information content (AvgIpc) is 3.34. The molecule has 0 saturated carbocycles. The second kappa shape index (κ2) is 15.3. The number of alkyl halides is 3. The van der Waals surface area contributed by atoms with Gasteiger partial charge in [0.25, 0.3) is 5.56 Å². The summed E-state index contributed by atoms with van der Waals surface area (Å²) in [4.78, 5) is 31.3. The molecule has 0 N–H and O–H groups in total. The third-order valence-corrected chi connectivity index (χ3v) is 8.71. The second-order valence-corrected chi connectivity index (χ2v) is 17.5. The summed E-state index contributed by atoms with van der Waals surface area (Å²) in [6.07, 6.45) is -1.81. The number of rotatable bonds is 16. The van der Waals surface area contributed by atoms with Crippen LogP contribution < -0.4 is 25.5 Å². The van der Waals surface area contributed by atoms with Gasteiger partial charge in [0.2, 0.25) is 0 Å². The minimum absolute atomic E-state index is 0.0381. The van der Waals surface area contributed by atoms with Crippen LogP contribution in [0.15, 0.2) is 33.9 Å². The third-order valence-electron chi connectivity index (χ3n) is 7.00. The Morgan fingerprint density at radius 1 is 1.02 bits per heavy atom. The lowest BCUT2D eigenvalue weighted by Gasteiger charge is -2.22. The third kappa shape index (κ3) is 10.1. The molecule has 1 fully saturated rings. The van der Waals surface area contributed by atoms with E-state index in [2.05, 4.69) is 29.4 Å². The zero-order chi connectivity index (χ0) is 32.6. The highest BCUT2D eigenvalue weighted by Gasteiger charge is 2.31. The number of fused-ring (bicyclic) bond motifs is 1. The summed E-state index contributed by atoms with van der Waals surface area (Å²) in [6.45, 7) is 8.11. The molecule has 16 heteroatoms. The Morgan fingerprint density at radius 3 is 2.49 bits per heavy atom. The van der Waals surface area contributed by atoms with Crippen molar-refractivity contribution in [2.24, 2.45) is 7.05 Å². The summed E-state index contributed by atoms with van der Waals surface area (Å²) >= 11 is 0. The number of nitrogens with zero attached hydrogens (tertiary/aromatic N) is 4. The zero-order valence-electron chi connectivity index (χ0n) is 26.1. The minimum atomic E-state index is -4.83. The molecule has 1 saturated heterocycles. The largest absolute Gasteiger partial charge is 0.573 e. The van der Waals surface area contributed by atoms with Crippen molar-refractivity contribution in [2.75, 3.05) is 33.0 Å². The summed E-state index contributed by atoms with van der Waals surface area (Å²) in [7, 11) is 0.136. The van der Waals surface area contributed by atoms with Gasteiger partial charge in [-0.1, -0.05) is 25.7 Å². The number of imidazole rings is 1. The van der Waals surface area contributed by atoms with E-state index in [9.17, 15) is 22.8 Å². The molecule has 1 aromatic carbocycles. The molecule has 45 heavy (non-hydrogen) atoms. The van der Waals surface area contributed by atoms with Crippen LogP contribution in [0.25, 0.3) is 11.2 Å². The first-order valence-corrected chi connectivity index (χ1v) is 18.7. The lowest BCUT2D eigenvalue weighted by Crippen LogP contribution is -2.40. The Morgan fingerprint density at radius 2 is 1.78 bits per heavy atom. The molecule has 3 aromatic rings. The minimum Gasteiger partial charge on any atom is -0.490 e. The molecular weight excluding hydrogens is 617 g/mol. The average molecular weight is 659 g/mol. The summed E-state index contributed by atoms with van der Waals surface area (Å²) in [5.74, 6) is -0.267. The number of aromatic nitrogens is 4. The Kier molecular flexibility index (Phi) is 11.7. The van der Waals surface area contributed by atoms with Crippen LogP contribution in [0, 0.1) is 0 Å². The number of aryl methyl sites for hydroxylation is 1. The van der Waals surface area contributed by atoms with Gasteiger partial charge in [-0.15, -0.1) is 13.2 Å². The van der Waals surface area contributed by atoms with Crippen LogP contribution in [0.2, 0.25) is 25.7 Å². The molecule has 2 aromatic heterocycles. The van der Waals surface area contributed by atoms with Crippen molar-refractivity contribution in [1.82, 2.24) is 18.7 Å². The molecule has 1 aliphatic heterocycles. The monoisotopic (exact) mass is 658 g/mol. The Labute approximate surface area is 259 Å². The SMILES string of the molecule is Cn1c(=O)n(CCCOC2CCCCO2)c(=O)c2c1nc(OCCOc1cccc(OC(F)(F)F)c1)n2COCC[Si](C)(C)C. The van der Waals surface area contributed by atoms with E-state index in [0.717, 1.165) is 42.0 Å². The molecule has 0 radical (unpaired) electrons. The number of hydrogen-bond donors (Lipinski definition) is 0. The molecule has 12 nitrogen and oxygen atoms in total. The van der Waals surface area contributed by atoms with Gasteiger partial charge in [0.05, 0.1) is 6.61 Å². The maximum absolute atomic E-state index is 13.7. The summed E-state index contributed by atoms with van der Waals surface area (Å²) < 4.78 is 74.2. The van der Waals surface area contributed by atoms with Gasteiger partial charge in [0, 0.05) is 40.9 Å². The topological polar surface area (TPSA) is 117 Å². The van der Waals surface area contributed by atoms with Crippen molar-refractivity contribution in [3.05, 3.63) is 45.1 Å². The molecule has 250 valence electrons. The second-order valence-electron chi connectivity index (χ2n) is 11.9. The smallest absolute Gasteiger partial charge is 0.490 e. The van der Waals surface area contributed by atoms with Crippen LogP contribution in [0.1, 0.15) is 25.7 Å². The van der Waals surface area contributed by atoms with Crippen LogP contribution in [-0.4, -0.2) is 72.4 Å². The molecular formula is C29H41F3N4O8Si. The molecule has 0 bridgehead atoms. The molecule has 1 unspecified atom stereocenters. The molecule has 1 aliphatic rings. The normalized spacial score (nSPS) is 15.8. The Bertz CT molecular complexity index is 1530. The number of benzene rings is 1. The molecule has 0 aliphatic carbocycles. The van der Waals surface area contributed by atoms with Gasteiger partial charge >= 0.3 is 18.1 Å². The van der Waals surface area contributed by atoms with Crippen molar-refractivity contribution in [3.8, 4) is 17.5 Å². The van der Waals surface area contributed by atoms with Gasteiger partial charge in [-0.3, -0.25) is 18.5 Å². The predicted molar refractivity (Wildman–Crippen MR) is 162 cm³/mol. The lowest BCUT2D eigenvalue weighted by molar-refractivity contribution is -0.274. The van der Waals surface area contributed by atoms with E-state index in [0.29, 0.717) is 26.2 Å². The summed E-state index contributed by atoms with van der Waals surface area (Å²) in [5, 5.41) is 0. The quantitative estimate of drug-likeness (QED) is 0.162. The van der Waals surface area contributed by atoms with E-state index < -0.39 is 31.4 Å². The molecule has 3 heterocycles. The van der Waals surface area contributed by atoms with E-state index in [1.165, 1.54) is 28.3 Å². The number of ether oxygens (including phenoxy) is 6. The first-order chi connectivity index (χ1) is 21.3. The van der Waals surface area contributed by atoms with E-state index in [-0.39, 0.29) is 55.7 Å². The van der Waals surface area contributed by atoms with Crippen molar-refractivity contribution in [1.29, 1.82) is 0 Å². The molecule has 1 atom stereocenters. The number of hydrogen-bond acceptors (Lipinski definition) is 9. The van der Waals surface area contributed by atoms with E-state index in [4.69, 9.17) is 23.7 Å². The zero-order valence-corrected chi connectivity index (χ0v) is 27.1. The first-order valence-electron chi connectivity index (χ1n) is 14.9. The van der Waals surface area contributed by atoms with Gasteiger partial charge in [-0.2, -0.15) is 4.98 Å². The number of halogens is 3. The Hall–Kier alpha value is -3.34. The highest BCUT2D eigenvalue weighted by molar-refractivity contribution is 6.76. The van der Waals surface area contributed by atoms with E-state index >= 15 is 0 Å².